The summed E-state index contributed by atoms with van der Waals surface area (Å²) in [5.74, 6) is -0.178. The number of carbonyl (C=O) groups excluding carboxylic acids is 2. The van der Waals surface area contributed by atoms with Crippen molar-refractivity contribution < 1.29 is 14.0 Å². The Morgan fingerprint density at radius 1 is 1.39 bits per heavy atom. The SMILES string of the molecule is CCCC1C(=O)NC2(CCCC2)C(=O)N1CCF. The molecule has 1 saturated heterocycles. The first-order valence-corrected chi connectivity index (χ1v) is 6.83. The van der Waals surface area contributed by atoms with Gasteiger partial charge in [0.15, 0.2) is 0 Å². The van der Waals surface area contributed by atoms with E-state index in [0.29, 0.717) is 19.3 Å². The molecule has 0 radical (unpaired) electrons. The lowest BCUT2D eigenvalue weighted by atomic mass is 9.89. The predicted molar refractivity (Wildman–Crippen MR) is 65.7 cm³/mol. The first kappa shape index (κ1) is 13.3. The van der Waals surface area contributed by atoms with E-state index in [1.54, 1.807) is 0 Å². The van der Waals surface area contributed by atoms with Crippen molar-refractivity contribution in [3.8, 4) is 0 Å². The molecule has 0 aromatic carbocycles. The molecule has 2 rings (SSSR count). The van der Waals surface area contributed by atoms with Gasteiger partial charge in [0.1, 0.15) is 18.3 Å². The van der Waals surface area contributed by atoms with Gasteiger partial charge >= 0.3 is 0 Å². The molecule has 1 unspecified atom stereocenters. The summed E-state index contributed by atoms with van der Waals surface area (Å²) in [6.07, 6.45) is 4.70. The number of halogens is 1. The van der Waals surface area contributed by atoms with Crippen LogP contribution in [0.25, 0.3) is 0 Å². The Hall–Kier alpha value is -1.13. The van der Waals surface area contributed by atoms with Gasteiger partial charge in [-0.25, -0.2) is 4.39 Å². The molecule has 1 aliphatic carbocycles. The van der Waals surface area contributed by atoms with Crippen molar-refractivity contribution in [2.45, 2.75) is 57.0 Å². The smallest absolute Gasteiger partial charge is 0.249 e. The second-order valence-corrected chi connectivity index (χ2v) is 5.27. The van der Waals surface area contributed by atoms with E-state index in [1.807, 2.05) is 6.92 Å². The summed E-state index contributed by atoms with van der Waals surface area (Å²) in [6.45, 7) is 1.42. The lowest BCUT2D eigenvalue weighted by Crippen LogP contribution is -2.69. The quantitative estimate of drug-likeness (QED) is 0.826. The molecule has 1 N–H and O–H groups in total. The molecule has 18 heavy (non-hydrogen) atoms. The zero-order valence-corrected chi connectivity index (χ0v) is 10.9. The number of alkyl halides is 1. The summed E-state index contributed by atoms with van der Waals surface area (Å²) < 4.78 is 12.6. The largest absolute Gasteiger partial charge is 0.340 e. The summed E-state index contributed by atoms with van der Waals surface area (Å²) in [4.78, 5) is 26.1. The topological polar surface area (TPSA) is 49.4 Å². The normalized spacial score (nSPS) is 26.8. The van der Waals surface area contributed by atoms with E-state index in [4.69, 9.17) is 0 Å². The van der Waals surface area contributed by atoms with E-state index in [9.17, 15) is 14.0 Å². The fraction of sp³-hybridized carbons (Fsp3) is 0.846. The number of carbonyl (C=O) groups is 2. The van der Waals surface area contributed by atoms with Crippen LogP contribution in [0.15, 0.2) is 0 Å². The molecule has 1 spiro atoms. The van der Waals surface area contributed by atoms with Crippen LogP contribution in [0.1, 0.15) is 45.4 Å². The van der Waals surface area contributed by atoms with E-state index >= 15 is 0 Å². The zero-order chi connectivity index (χ0) is 13.2. The maximum atomic E-state index is 12.6. The molecule has 2 amide bonds. The molecular formula is C13H21FN2O2. The molecule has 4 nitrogen and oxygen atoms in total. The van der Waals surface area contributed by atoms with Crippen LogP contribution >= 0.6 is 0 Å². The lowest BCUT2D eigenvalue weighted by molar-refractivity contribution is -0.155. The first-order valence-electron chi connectivity index (χ1n) is 6.83. The van der Waals surface area contributed by atoms with Gasteiger partial charge in [0.2, 0.25) is 11.8 Å². The van der Waals surface area contributed by atoms with E-state index in [0.717, 1.165) is 19.3 Å². The van der Waals surface area contributed by atoms with Crippen LogP contribution in [0.2, 0.25) is 0 Å². The molecule has 0 aromatic rings. The van der Waals surface area contributed by atoms with Gasteiger partial charge < -0.3 is 10.2 Å². The second kappa shape index (κ2) is 5.24. The van der Waals surface area contributed by atoms with E-state index < -0.39 is 18.3 Å². The molecule has 1 heterocycles. The van der Waals surface area contributed by atoms with Crippen LogP contribution in [0.3, 0.4) is 0 Å². The molecule has 1 saturated carbocycles. The van der Waals surface area contributed by atoms with Gasteiger partial charge in [0, 0.05) is 6.54 Å². The Morgan fingerprint density at radius 3 is 2.61 bits per heavy atom. The Kier molecular flexibility index (Phi) is 3.88. The van der Waals surface area contributed by atoms with Crippen LogP contribution in [0.4, 0.5) is 4.39 Å². The van der Waals surface area contributed by atoms with Crippen LogP contribution in [-0.4, -0.2) is 41.5 Å². The summed E-state index contributed by atoms with van der Waals surface area (Å²) in [5, 5.41) is 2.91. The number of nitrogens with one attached hydrogen (secondary N) is 1. The maximum absolute atomic E-state index is 12.6. The molecule has 5 heteroatoms. The van der Waals surface area contributed by atoms with Gasteiger partial charge in [-0.1, -0.05) is 26.2 Å². The standard InChI is InChI=1S/C13H21FN2O2/c1-2-5-10-11(17)15-13(6-3-4-7-13)12(18)16(10)9-8-14/h10H,2-9H2,1H3,(H,15,17). The highest BCUT2D eigenvalue weighted by Gasteiger charge is 2.51. The van der Waals surface area contributed by atoms with Gasteiger partial charge in [-0.15, -0.1) is 0 Å². The van der Waals surface area contributed by atoms with Crippen LogP contribution in [0, 0.1) is 0 Å². The summed E-state index contributed by atoms with van der Waals surface area (Å²) in [6, 6.07) is -0.482. The van der Waals surface area contributed by atoms with Crippen molar-refractivity contribution in [1.82, 2.24) is 10.2 Å². The lowest BCUT2D eigenvalue weighted by Gasteiger charge is -2.44. The number of amides is 2. The Bertz CT molecular complexity index is 340. The Labute approximate surface area is 107 Å². The number of hydrogen-bond acceptors (Lipinski definition) is 2. The van der Waals surface area contributed by atoms with Crippen LogP contribution in [0.5, 0.6) is 0 Å². The molecule has 1 aliphatic heterocycles. The molecule has 2 fully saturated rings. The average Bonchev–Trinajstić information content (AvgIpc) is 2.80. The van der Waals surface area contributed by atoms with Crippen molar-refractivity contribution in [2.24, 2.45) is 0 Å². The van der Waals surface area contributed by atoms with Crippen molar-refractivity contribution in [1.29, 1.82) is 0 Å². The highest BCUT2D eigenvalue weighted by Crippen LogP contribution is 2.35. The Balaban J connectivity index is 2.23. The van der Waals surface area contributed by atoms with Crippen molar-refractivity contribution in [2.75, 3.05) is 13.2 Å². The molecule has 0 aromatic heterocycles. The van der Waals surface area contributed by atoms with E-state index in [-0.39, 0.29) is 18.4 Å². The molecule has 2 aliphatic rings. The molecule has 0 bridgehead atoms. The van der Waals surface area contributed by atoms with Gasteiger partial charge in [-0.05, 0) is 19.3 Å². The second-order valence-electron chi connectivity index (χ2n) is 5.27. The zero-order valence-electron chi connectivity index (χ0n) is 10.9. The highest BCUT2D eigenvalue weighted by atomic mass is 19.1. The first-order chi connectivity index (χ1) is 8.64. The molecular weight excluding hydrogens is 235 g/mol. The highest BCUT2D eigenvalue weighted by molar-refractivity contribution is 6.00. The predicted octanol–water partition coefficient (Wildman–Crippen LogP) is 1.40. The fourth-order valence-corrected chi connectivity index (χ4v) is 3.16. The van der Waals surface area contributed by atoms with Crippen molar-refractivity contribution >= 4 is 11.8 Å². The Morgan fingerprint density at radius 2 is 2.06 bits per heavy atom. The minimum Gasteiger partial charge on any atom is -0.340 e. The minimum absolute atomic E-state index is 0.0403. The third-order valence-corrected chi connectivity index (χ3v) is 4.06. The third kappa shape index (κ3) is 2.10. The minimum atomic E-state index is -0.726. The number of rotatable bonds is 4. The maximum Gasteiger partial charge on any atom is 0.249 e. The van der Waals surface area contributed by atoms with Gasteiger partial charge in [-0.3, -0.25) is 9.59 Å². The van der Waals surface area contributed by atoms with Crippen LogP contribution in [-0.2, 0) is 9.59 Å². The number of hydrogen-bond donors (Lipinski definition) is 1. The van der Waals surface area contributed by atoms with Crippen molar-refractivity contribution in [3.63, 3.8) is 0 Å². The van der Waals surface area contributed by atoms with Gasteiger partial charge in [0.25, 0.3) is 0 Å². The molecule has 1 atom stereocenters. The third-order valence-electron chi connectivity index (χ3n) is 4.06. The monoisotopic (exact) mass is 256 g/mol. The number of nitrogens with zero attached hydrogens (tertiary/aromatic N) is 1. The average molecular weight is 256 g/mol. The van der Waals surface area contributed by atoms with Crippen molar-refractivity contribution in [3.05, 3.63) is 0 Å². The van der Waals surface area contributed by atoms with Gasteiger partial charge in [0.05, 0.1) is 0 Å². The van der Waals surface area contributed by atoms with E-state index in [1.165, 1.54) is 4.90 Å². The molecule has 102 valence electrons. The van der Waals surface area contributed by atoms with E-state index in [2.05, 4.69) is 5.32 Å². The van der Waals surface area contributed by atoms with Gasteiger partial charge in [-0.2, -0.15) is 0 Å². The summed E-state index contributed by atoms with van der Waals surface area (Å²) in [5.41, 5.74) is -0.726. The fourth-order valence-electron chi connectivity index (χ4n) is 3.16. The van der Waals surface area contributed by atoms with Crippen LogP contribution < -0.4 is 5.32 Å². The number of piperazine rings is 1. The summed E-state index contributed by atoms with van der Waals surface area (Å²) >= 11 is 0. The summed E-state index contributed by atoms with van der Waals surface area (Å²) in [7, 11) is 0.